The minimum Gasteiger partial charge on any atom is -0.472 e. The Balaban J connectivity index is 1.16. The number of anilines is 2. The molecule has 1 atom stereocenters. The van der Waals surface area contributed by atoms with Gasteiger partial charge in [-0.25, -0.2) is 4.98 Å². The van der Waals surface area contributed by atoms with Crippen molar-refractivity contribution >= 4 is 45.7 Å². The van der Waals surface area contributed by atoms with Crippen molar-refractivity contribution in [2.24, 2.45) is 11.3 Å². The number of hydrogen-bond donors (Lipinski definition) is 3. The number of piperidine rings is 1. The van der Waals surface area contributed by atoms with Crippen LogP contribution in [-0.4, -0.2) is 46.8 Å². The summed E-state index contributed by atoms with van der Waals surface area (Å²) in [6, 6.07) is 7.93. The van der Waals surface area contributed by atoms with Gasteiger partial charge < -0.3 is 20.7 Å². The number of rotatable bonds is 9. The number of nitrogens with one attached hydrogen (secondary N) is 3. The number of aromatic nitrogens is 1. The quantitative estimate of drug-likeness (QED) is 0.280. The number of carbonyl (C=O) groups excluding carboxylic acids is 2. The lowest BCUT2D eigenvalue weighted by Crippen LogP contribution is -2.37. The van der Waals surface area contributed by atoms with E-state index in [9.17, 15) is 9.59 Å². The molecule has 1 aromatic carbocycles. The van der Waals surface area contributed by atoms with Crippen LogP contribution in [-0.2, 0) is 20.9 Å². The van der Waals surface area contributed by atoms with E-state index in [0.29, 0.717) is 5.13 Å². The van der Waals surface area contributed by atoms with Crippen LogP contribution in [0.2, 0.25) is 0 Å². The van der Waals surface area contributed by atoms with Crippen LogP contribution in [0.15, 0.2) is 58.8 Å². The predicted octanol–water partition coefficient (Wildman–Crippen LogP) is 5.43. The highest BCUT2D eigenvalue weighted by atomic mass is 32.2. The minimum atomic E-state index is -0.128. The van der Waals surface area contributed by atoms with Crippen LogP contribution in [0.1, 0.15) is 46.1 Å². The van der Waals surface area contributed by atoms with E-state index < -0.39 is 0 Å². The van der Waals surface area contributed by atoms with E-state index >= 15 is 0 Å². The van der Waals surface area contributed by atoms with Crippen molar-refractivity contribution in [2.75, 3.05) is 29.5 Å². The molecule has 204 valence electrons. The highest BCUT2D eigenvalue weighted by Crippen LogP contribution is 2.33. The molecule has 2 amide bonds. The number of benzene rings is 1. The molecule has 38 heavy (non-hydrogen) atoms. The van der Waals surface area contributed by atoms with Gasteiger partial charge in [0.1, 0.15) is 5.76 Å². The number of allylic oxidation sites excluding steroid dienone is 2. The molecule has 3 N–H and O–H groups in total. The Bertz CT molecular complexity index is 1160. The summed E-state index contributed by atoms with van der Waals surface area (Å²) in [7, 11) is 0. The van der Waals surface area contributed by atoms with E-state index in [-0.39, 0.29) is 29.4 Å². The molecular formula is C28H37N5O3S2. The maximum absolute atomic E-state index is 12.9. The molecule has 1 fully saturated rings. The third-order valence-electron chi connectivity index (χ3n) is 6.40. The first-order valence-corrected chi connectivity index (χ1v) is 14.8. The Labute approximate surface area is 233 Å². The van der Waals surface area contributed by atoms with Crippen molar-refractivity contribution in [3.05, 3.63) is 60.1 Å². The van der Waals surface area contributed by atoms with Crippen LogP contribution in [0, 0.1) is 11.3 Å². The molecule has 1 saturated heterocycles. The topological polar surface area (TPSA) is 95.6 Å². The Kier molecular flexibility index (Phi) is 9.51. The maximum Gasteiger partial charge on any atom is 0.248 e. The molecule has 10 heteroatoms. The second-order valence-electron chi connectivity index (χ2n) is 10.6. The van der Waals surface area contributed by atoms with E-state index in [4.69, 9.17) is 4.74 Å². The minimum absolute atomic E-state index is 0.00607. The van der Waals surface area contributed by atoms with Gasteiger partial charge in [0.15, 0.2) is 11.4 Å². The molecule has 8 nitrogen and oxygen atoms in total. The second-order valence-corrected chi connectivity index (χ2v) is 12.9. The zero-order chi connectivity index (χ0) is 27.1. The molecule has 0 radical (unpaired) electrons. The SMILES string of the molecule is C/C=C/C(=O)Nc1ccc(CN2CCC(C(=O)Nc3ncc(SCC4NC=C(C(C)(C)C)O4)s3)CC2)cc1. The first kappa shape index (κ1) is 28.2. The Morgan fingerprint density at radius 2 is 1.95 bits per heavy atom. The van der Waals surface area contributed by atoms with Crippen LogP contribution < -0.4 is 16.0 Å². The van der Waals surface area contributed by atoms with Crippen molar-refractivity contribution < 1.29 is 14.3 Å². The number of thioether (sulfide) groups is 1. The number of nitrogens with zero attached hydrogens (tertiary/aromatic N) is 2. The van der Waals surface area contributed by atoms with Crippen molar-refractivity contribution in [2.45, 2.75) is 57.5 Å². The molecule has 2 aliphatic heterocycles. The molecule has 4 rings (SSSR count). The number of amides is 2. The Hall–Kier alpha value is -2.82. The van der Waals surface area contributed by atoms with E-state index in [0.717, 1.165) is 53.9 Å². The summed E-state index contributed by atoms with van der Waals surface area (Å²) in [5.74, 6) is 1.65. The zero-order valence-corrected chi connectivity index (χ0v) is 24.1. The monoisotopic (exact) mass is 555 g/mol. The molecule has 3 heterocycles. The predicted molar refractivity (Wildman–Crippen MR) is 155 cm³/mol. The van der Waals surface area contributed by atoms with Crippen molar-refractivity contribution in [1.29, 1.82) is 0 Å². The van der Waals surface area contributed by atoms with E-state index in [1.54, 1.807) is 17.8 Å². The van der Waals surface area contributed by atoms with E-state index in [2.05, 4.69) is 46.6 Å². The summed E-state index contributed by atoms with van der Waals surface area (Å²) in [4.78, 5) is 31.3. The van der Waals surface area contributed by atoms with Gasteiger partial charge in [-0.15, -0.1) is 11.8 Å². The van der Waals surface area contributed by atoms with Crippen molar-refractivity contribution in [3.63, 3.8) is 0 Å². The van der Waals surface area contributed by atoms with Crippen molar-refractivity contribution in [3.8, 4) is 0 Å². The number of likely N-dealkylation sites (tertiary alicyclic amines) is 1. The molecule has 1 unspecified atom stereocenters. The van der Waals surface area contributed by atoms with E-state index in [1.165, 1.54) is 23.0 Å². The fourth-order valence-electron chi connectivity index (χ4n) is 4.25. The fraction of sp³-hybridized carbons (Fsp3) is 0.464. The molecule has 1 aromatic heterocycles. The maximum atomic E-state index is 12.9. The molecule has 0 aliphatic carbocycles. The molecule has 0 bridgehead atoms. The number of ether oxygens (including phenoxy) is 1. The lowest BCUT2D eigenvalue weighted by molar-refractivity contribution is -0.121. The van der Waals surface area contributed by atoms with Gasteiger partial charge in [0.2, 0.25) is 11.8 Å². The average molecular weight is 556 g/mol. The smallest absolute Gasteiger partial charge is 0.248 e. The second kappa shape index (κ2) is 12.8. The lowest BCUT2D eigenvalue weighted by atomic mass is 9.95. The van der Waals surface area contributed by atoms with Gasteiger partial charge in [0, 0.05) is 29.8 Å². The average Bonchev–Trinajstić information content (AvgIpc) is 3.54. The first-order valence-electron chi connectivity index (χ1n) is 13.0. The molecule has 0 spiro atoms. The normalized spacial score (nSPS) is 18.6. The highest BCUT2D eigenvalue weighted by molar-refractivity contribution is 8.01. The third kappa shape index (κ3) is 8.09. The van der Waals surface area contributed by atoms with Crippen LogP contribution >= 0.6 is 23.1 Å². The fourth-order valence-corrected chi connectivity index (χ4v) is 6.09. The summed E-state index contributed by atoms with van der Waals surface area (Å²) in [5.41, 5.74) is 1.96. The standard InChI is InChI=1S/C28H37N5O3S2/c1-5-6-23(34)31-21-9-7-19(8-10-21)17-33-13-11-20(12-14-33)26(35)32-27-30-16-25(38-27)37-18-24-29-15-22(36-24)28(2,3)4/h5-10,15-16,20,24,29H,11-14,17-18H2,1-4H3,(H,31,34)(H,30,32,35)/b6-5+. The first-order chi connectivity index (χ1) is 18.2. The number of carbonyl (C=O) groups is 2. The summed E-state index contributed by atoms with van der Waals surface area (Å²) in [6.07, 6.45) is 8.59. The number of thiazole rings is 1. The molecule has 2 aliphatic rings. The van der Waals surface area contributed by atoms with Crippen LogP contribution in [0.4, 0.5) is 10.8 Å². The van der Waals surface area contributed by atoms with Gasteiger partial charge in [-0.05, 0) is 56.6 Å². The summed E-state index contributed by atoms with van der Waals surface area (Å²) >= 11 is 3.18. The molecule has 2 aromatic rings. The molecular weight excluding hydrogens is 518 g/mol. The van der Waals surface area contributed by atoms with Crippen LogP contribution in [0.25, 0.3) is 0 Å². The van der Waals surface area contributed by atoms with Gasteiger partial charge in [0.05, 0.1) is 16.2 Å². The zero-order valence-electron chi connectivity index (χ0n) is 22.5. The van der Waals surface area contributed by atoms with Crippen molar-refractivity contribution in [1.82, 2.24) is 15.2 Å². The summed E-state index contributed by atoms with van der Waals surface area (Å²) in [5, 5.41) is 9.80. The third-order valence-corrected chi connectivity index (χ3v) is 8.57. The Morgan fingerprint density at radius 1 is 1.21 bits per heavy atom. The van der Waals surface area contributed by atoms with Gasteiger partial charge in [-0.2, -0.15) is 0 Å². The lowest BCUT2D eigenvalue weighted by Gasteiger charge is -2.31. The highest BCUT2D eigenvalue weighted by Gasteiger charge is 2.28. The largest absolute Gasteiger partial charge is 0.472 e. The van der Waals surface area contributed by atoms with E-state index in [1.807, 2.05) is 43.6 Å². The van der Waals surface area contributed by atoms with Gasteiger partial charge in [0.25, 0.3) is 0 Å². The van der Waals surface area contributed by atoms with Crippen LogP contribution in [0.3, 0.4) is 0 Å². The van der Waals surface area contributed by atoms with Gasteiger partial charge in [-0.3, -0.25) is 14.5 Å². The van der Waals surface area contributed by atoms with Gasteiger partial charge >= 0.3 is 0 Å². The van der Waals surface area contributed by atoms with Crippen LogP contribution in [0.5, 0.6) is 0 Å². The molecule has 0 saturated carbocycles. The van der Waals surface area contributed by atoms with Gasteiger partial charge in [-0.1, -0.05) is 50.3 Å². The summed E-state index contributed by atoms with van der Waals surface area (Å²) in [6.45, 7) is 10.8. The number of hydrogen-bond acceptors (Lipinski definition) is 8. The summed E-state index contributed by atoms with van der Waals surface area (Å²) < 4.78 is 7.05. The Morgan fingerprint density at radius 3 is 2.61 bits per heavy atom.